The summed E-state index contributed by atoms with van der Waals surface area (Å²) in [6.45, 7) is 3.09. The number of rotatable bonds is 2. The van der Waals surface area contributed by atoms with E-state index in [4.69, 9.17) is 4.74 Å². The van der Waals surface area contributed by atoms with E-state index < -0.39 is 0 Å². The van der Waals surface area contributed by atoms with Gasteiger partial charge in [-0.1, -0.05) is 19.3 Å². The minimum Gasteiger partial charge on any atom is -0.365 e. The summed E-state index contributed by atoms with van der Waals surface area (Å²) in [5, 5.41) is 6.98. The van der Waals surface area contributed by atoms with Crippen molar-refractivity contribution in [3.05, 3.63) is 0 Å². The zero-order valence-electron chi connectivity index (χ0n) is 12.6. The van der Waals surface area contributed by atoms with E-state index >= 15 is 0 Å². The Morgan fingerprint density at radius 1 is 1.20 bits per heavy atom. The Labute approximate surface area is 122 Å². The van der Waals surface area contributed by atoms with Gasteiger partial charge in [0.25, 0.3) is 0 Å². The fraction of sp³-hybridized carbons (Fsp3) is 0.938. The SMILES string of the molecule is CC1CCC(C(=O)NC2CCNC3(CCCCC3)C2)O1. The number of amides is 1. The molecule has 3 fully saturated rings. The molecule has 20 heavy (non-hydrogen) atoms. The lowest BCUT2D eigenvalue weighted by Gasteiger charge is -2.45. The number of hydrogen-bond acceptors (Lipinski definition) is 3. The number of nitrogens with one attached hydrogen (secondary N) is 2. The predicted octanol–water partition coefficient (Wildman–Crippen LogP) is 2.12. The summed E-state index contributed by atoms with van der Waals surface area (Å²) in [5.74, 6) is 0.118. The number of carbonyl (C=O) groups excluding carboxylic acids is 1. The maximum atomic E-state index is 12.3. The molecule has 114 valence electrons. The van der Waals surface area contributed by atoms with E-state index in [1.807, 2.05) is 0 Å². The van der Waals surface area contributed by atoms with Gasteiger partial charge in [0, 0.05) is 11.6 Å². The molecule has 2 heterocycles. The van der Waals surface area contributed by atoms with Crippen molar-refractivity contribution in [1.82, 2.24) is 10.6 Å². The molecular weight excluding hydrogens is 252 g/mol. The van der Waals surface area contributed by atoms with Gasteiger partial charge in [0.1, 0.15) is 6.10 Å². The highest BCUT2D eigenvalue weighted by molar-refractivity contribution is 5.81. The first-order chi connectivity index (χ1) is 9.67. The predicted molar refractivity (Wildman–Crippen MR) is 78.6 cm³/mol. The lowest BCUT2D eigenvalue weighted by atomic mass is 9.75. The Morgan fingerprint density at radius 3 is 2.70 bits per heavy atom. The van der Waals surface area contributed by atoms with Crippen LogP contribution in [-0.2, 0) is 9.53 Å². The van der Waals surface area contributed by atoms with Crippen LogP contribution in [0.25, 0.3) is 0 Å². The second-order valence-corrected chi connectivity index (χ2v) is 6.98. The van der Waals surface area contributed by atoms with Crippen LogP contribution < -0.4 is 10.6 Å². The lowest BCUT2D eigenvalue weighted by Crippen LogP contribution is -2.57. The molecule has 2 saturated heterocycles. The third-order valence-electron chi connectivity index (χ3n) is 5.31. The molecule has 3 atom stereocenters. The normalized spacial score (nSPS) is 37.0. The van der Waals surface area contributed by atoms with Crippen LogP contribution >= 0.6 is 0 Å². The molecule has 0 aromatic heterocycles. The summed E-state index contributed by atoms with van der Waals surface area (Å²) in [4.78, 5) is 12.3. The van der Waals surface area contributed by atoms with Crippen molar-refractivity contribution < 1.29 is 9.53 Å². The van der Waals surface area contributed by atoms with E-state index in [9.17, 15) is 4.79 Å². The second kappa shape index (κ2) is 6.02. The maximum absolute atomic E-state index is 12.3. The number of ether oxygens (including phenoxy) is 1. The Hall–Kier alpha value is -0.610. The molecule has 0 bridgehead atoms. The van der Waals surface area contributed by atoms with Crippen LogP contribution in [0.5, 0.6) is 0 Å². The molecule has 1 saturated carbocycles. The number of piperidine rings is 1. The van der Waals surface area contributed by atoms with Crippen molar-refractivity contribution in [3.8, 4) is 0 Å². The van der Waals surface area contributed by atoms with Gasteiger partial charge in [-0.3, -0.25) is 4.79 Å². The van der Waals surface area contributed by atoms with Gasteiger partial charge in [-0.05, 0) is 52.0 Å². The van der Waals surface area contributed by atoms with Crippen molar-refractivity contribution in [1.29, 1.82) is 0 Å². The molecule has 1 amide bonds. The minimum atomic E-state index is -0.206. The van der Waals surface area contributed by atoms with E-state index in [1.54, 1.807) is 0 Å². The summed E-state index contributed by atoms with van der Waals surface area (Å²) in [5.41, 5.74) is 0.304. The van der Waals surface area contributed by atoms with Gasteiger partial charge in [-0.25, -0.2) is 0 Å². The highest BCUT2D eigenvalue weighted by atomic mass is 16.5. The highest BCUT2D eigenvalue weighted by Gasteiger charge is 2.38. The van der Waals surface area contributed by atoms with Crippen LogP contribution in [0.3, 0.4) is 0 Å². The van der Waals surface area contributed by atoms with E-state index in [0.29, 0.717) is 11.6 Å². The topological polar surface area (TPSA) is 50.4 Å². The van der Waals surface area contributed by atoms with Crippen molar-refractivity contribution in [3.63, 3.8) is 0 Å². The molecule has 4 heteroatoms. The first-order valence-electron chi connectivity index (χ1n) is 8.38. The Morgan fingerprint density at radius 2 is 2.00 bits per heavy atom. The number of carbonyl (C=O) groups is 1. The lowest BCUT2D eigenvalue weighted by molar-refractivity contribution is -0.132. The van der Waals surface area contributed by atoms with Crippen LogP contribution in [0, 0.1) is 0 Å². The summed E-state index contributed by atoms with van der Waals surface area (Å²) in [7, 11) is 0. The van der Waals surface area contributed by atoms with Gasteiger partial charge < -0.3 is 15.4 Å². The monoisotopic (exact) mass is 280 g/mol. The van der Waals surface area contributed by atoms with Crippen LogP contribution in [0.15, 0.2) is 0 Å². The zero-order valence-corrected chi connectivity index (χ0v) is 12.6. The first kappa shape index (κ1) is 14.3. The Balaban J connectivity index is 1.53. The zero-order chi connectivity index (χ0) is 14.0. The average Bonchev–Trinajstić information content (AvgIpc) is 2.86. The van der Waals surface area contributed by atoms with Gasteiger partial charge in [0.05, 0.1) is 6.10 Å². The molecule has 1 aliphatic carbocycles. The summed E-state index contributed by atoms with van der Waals surface area (Å²) < 4.78 is 5.67. The third kappa shape index (κ3) is 3.17. The van der Waals surface area contributed by atoms with Crippen molar-refractivity contribution in [2.45, 2.75) is 88.5 Å². The van der Waals surface area contributed by atoms with Gasteiger partial charge in [0.2, 0.25) is 5.91 Å². The van der Waals surface area contributed by atoms with Crippen molar-refractivity contribution >= 4 is 5.91 Å². The van der Waals surface area contributed by atoms with Gasteiger partial charge in [-0.2, -0.15) is 0 Å². The van der Waals surface area contributed by atoms with Crippen LogP contribution in [0.4, 0.5) is 0 Å². The van der Waals surface area contributed by atoms with E-state index in [-0.39, 0.29) is 18.1 Å². The standard InChI is InChI=1S/C16H28N2O2/c1-12-5-6-14(20-12)15(19)18-13-7-10-17-16(11-13)8-3-2-4-9-16/h12-14,17H,2-11H2,1H3,(H,18,19). The van der Waals surface area contributed by atoms with E-state index in [0.717, 1.165) is 32.2 Å². The molecule has 0 radical (unpaired) electrons. The van der Waals surface area contributed by atoms with Gasteiger partial charge >= 0.3 is 0 Å². The molecule has 3 unspecified atom stereocenters. The Bertz CT molecular complexity index is 347. The second-order valence-electron chi connectivity index (χ2n) is 6.98. The summed E-state index contributed by atoms with van der Waals surface area (Å²) >= 11 is 0. The smallest absolute Gasteiger partial charge is 0.249 e. The molecule has 4 nitrogen and oxygen atoms in total. The molecule has 1 spiro atoms. The van der Waals surface area contributed by atoms with Crippen LogP contribution in [-0.4, -0.2) is 36.2 Å². The molecule has 0 aromatic carbocycles. The fourth-order valence-corrected chi connectivity index (χ4v) is 4.18. The fourth-order valence-electron chi connectivity index (χ4n) is 4.18. The average molecular weight is 280 g/mol. The number of hydrogen-bond donors (Lipinski definition) is 2. The summed E-state index contributed by atoms with van der Waals surface area (Å²) in [6.07, 6.45) is 10.6. The molecule has 2 N–H and O–H groups in total. The molecule has 2 aliphatic heterocycles. The van der Waals surface area contributed by atoms with Crippen molar-refractivity contribution in [2.75, 3.05) is 6.54 Å². The van der Waals surface area contributed by atoms with E-state index in [1.165, 1.54) is 32.1 Å². The molecular formula is C16H28N2O2. The minimum absolute atomic E-state index is 0.118. The molecule has 0 aromatic rings. The Kier molecular flexibility index (Phi) is 4.32. The molecule has 3 rings (SSSR count). The largest absolute Gasteiger partial charge is 0.365 e. The third-order valence-corrected chi connectivity index (χ3v) is 5.31. The quantitative estimate of drug-likeness (QED) is 0.814. The maximum Gasteiger partial charge on any atom is 0.249 e. The summed E-state index contributed by atoms with van der Waals surface area (Å²) in [6, 6.07) is 0.335. The van der Waals surface area contributed by atoms with Gasteiger partial charge in [0.15, 0.2) is 0 Å². The van der Waals surface area contributed by atoms with E-state index in [2.05, 4.69) is 17.6 Å². The molecule has 3 aliphatic rings. The highest BCUT2D eigenvalue weighted by Crippen LogP contribution is 2.34. The first-order valence-corrected chi connectivity index (χ1v) is 8.38. The van der Waals surface area contributed by atoms with Crippen LogP contribution in [0.2, 0.25) is 0 Å². The van der Waals surface area contributed by atoms with Gasteiger partial charge in [-0.15, -0.1) is 0 Å². The van der Waals surface area contributed by atoms with Crippen molar-refractivity contribution in [2.24, 2.45) is 0 Å². The van der Waals surface area contributed by atoms with Crippen LogP contribution in [0.1, 0.15) is 64.7 Å².